The van der Waals surface area contributed by atoms with Gasteiger partial charge in [0.15, 0.2) is 4.34 Å². The molecule has 0 aliphatic rings. The number of thioether (sulfide) groups is 1. The number of halogens is 1. The van der Waals surface area contributed by atoms with E-state index in [2.05, 4.69) is 9.36 Å². The molecule has 15 heavy (non-hydrogen) atoms. The maximum Gasteiger partial charge on any atom is 0.200 e. The molecule has 0 amide bonds. The minimum Gasteiger partial charge on any atom is -0.202 e. The van der Waals surface area contributed by atoms with E-state index in [1.165, 1.54) is 11.5 Å². The van der Waals surface area contributed by atoms with Crippen molar-refractivity contribution in [2.75, 3.05) is 6.26 Å². The monoisotopic (exact) mass is 274 g/mol. The van der Waals surface area contributed by atoms with Gasteiger partial charge >= 0.3 is 0 Å². The number of aromatic nitrogens is 2. The number of rotatable bonds is 3. The van der Waals surface area contributed by atoms with Gasteiger partial charge in [0, 0.05) is 9.92 Å². The predicted octanol–water partition coefficient (Wildman–Crippen LogP) is 4.06. The normalized spacial score (nSPS) is 10.5. The second-order valence-corrected chi connectivity index (χ2v) is 5.89. The molecule has 0 N–H and O–H groups in total. The molecule has 2 aromatic rings. The second kappa shape index (κ2) is 5.21. The number of hydrogen-bond acceptors (Lipinski definition) is 5. The van der Waals surface area contributed by atoms with Crippen LogP contribution in [0.5, 0.6) is 0 Å². The van der Waals surface area contributed by atoms with Gasteiger partial charge in [-0.15, -0.1) is 0 Å². The van der Waals surface area contributed by atoms with Crippen molar-refractivity contribution in [2.45, 2.75) is 14.4 Å². The van der Waals surface area contributed by atoms with Crippen LogP contribution in [-0.2, 0) is 0 Å². The third kappa shape index (κ3) is 3.11. The molecule has 1 aromatic heterocycles. The molecule has 0 radical (unpaired) electrons. The Morgan fingerprint density at radius 3 is 2.60 bits per heavy atom. The molecule has 1 aromatic carbocycles. The first kappa shape index (κ1) is 11.3. The largest absolute Gasteiger partial charge is 0.202 e. The van der Waals surface area contributed by atoms with Gasteiger partial charge in [0.25, 0.3) is 0 Å². The molecule has 2 rings (SSSR count). The van der Waals surface area contributed by atoms with Crippen molar-refractivity contribution in [3.05, 3.63) is 29.3 Å². The van der Waals surface area contributed by atoms with Crippen LogP contribution in [0, 0.1) is 0 Å². The lowest BCUT2D eigenvalue weighted by atomic mass is 10.4. The molecule has 0 bridgehead atoms. The van der Waals surface area contributed by atoms with Crippen molar-refractivity contribution in [1.82, 2.24) is 9.36 Å². The van der Waals surface area contributed by atoms with Gasteiger partial charge < -0.3 is 0 Å². The zero-order valence-corrected chi connectivity index (χ0v) is 11.0. The second-order valence-electron chi connectivity index (χ2n) is 2.60. The van der Waals surface area contributed by atoms with Gasteiger partial charge in [-0.1, -0.05) is 35.1 Å². The van der Waals surface area contributed by atoms with Crippen LogP contribution in [0.3, 0.4) is 0 Å². The van der Waals surface area contributed by atoms with Crippen LogP contribution in [0.25, 0.3) is 0 Å². The van der Waals surface area contributed by atoms with Crippen LogP contribution in [0.4, 0.5) is 0 Å². The summed E-state index contributed by atoms with van der Waals surface area (Å²) in [6.45, 7) is 0. The van der Waals surface area contributed by atoms with E-state index in [9.17, 15) is 0 Å². The fourth-order valence-corrected chi connectivity index (χ4v) is 3.24. The maximum atomic E-state index is 5.80. The van der Waals surface area contributed by atoms with Gasteiger partial charge in [-0.2, -0.15) is 4.37 Å². The van der Waals surface area contributed by atoms with Gasteiger partial charge in [0.1, 0.15) is 0 Å². The summed E-state index contributed by atoms with van der Waals surface area (Å²) in [5.41, 5.74) is 0. The molecule has 0 spiro atoms. The average Bonchev–Trinajstić information content (AvgIpc) is 2.69. The lowest BCUT2D eigenvalue weighted by Gasteiger charge is -1.96. The Kier molecular flexibility index (Phi) is 3.91. The first-order valence-electron chi connectivity index (χ1n) is 4.09. The van der Waals surface area contributed by atoms with Gasteiger partial charge in [0.2, 0.25) is 5.16 Å². The van der Waals surface area contributed by atoms with Gasteiger partial charge in [0.05, 0.1) is 0 Å². The van der Waals surface area contributed by atoms with Crippen LogP contribution in [-0.4, -0.2) is 15.6 Å². The van der Waals surface area contributed by atoms with Crippen LogP contribution in [0.2, 0.25) is 5.02 Å². The highest BCUT2D eigenvalue weighted by atomic mass is 35.5. The molecule has 0 atom stereocenters. The molecular weight excluding hydrogens is 268 g/mol. The van der Waals surface area contributed by atoms with Gasteiger partial charge in [-0.25, -0.2) is 4.98 Å². The topological polar surface area (TPSA) is 25.8 Å². The minimum atomic E-state index is 0.751. The smallest absolute Gasteiger partial charge is 0.200 e. The van der Waals surface area contributed by atoms with Crippen molar-refractivity contribution < 1.29 is 0 Å². The van der Waals surface area contributed by atoms with Crippen molar-refractivity contribution in [2.24, 2.45) is 0 Å². The predicted molar refractivity (Wildman–Crippen MR) is 67.3 cm³/mol. The van der Waals surface area contributed by atoms with Crippen molar-refractivity contribution >= 4 is 46.7 Å². The number of hydrogen-bond donors (Lipinski definition) is 0. The molecule has 6 heteroatoms. The Bertz CT molecular complexity index is 441. The highest BCUT2D eigenvalue weighted by molar-refractivity contribution is 8.01. The summed E-state index contributed by atoms with van der Waals surface area (Å²) in [7, 11) is 0. The van der Waals surface area contributed by atoms with E-state index in [1.807, 2.05) is 30.5 Å². The molecule has 0 aliphatic carbocycles. The lowest BCUT2D eigenvalue weighted by molar-refractivity contribution is 1.02. The van der Waals surface area contributed by atoms with E-state index in [0.29, 0.717) is 0 Å². The average molecular weight is 275 g/mol. The zero-order chi connectivity index (χ0) is 10.7. The fraction of sp³-hybridized carbons (Fsp3) is 0.111. The highest BCUT2D eigenvalue weighted by Crippen LogP contribution is 2.30. The van der Waals surface area contributed by atoms with Gasteiger partial charge in [-0.05, 0) is 42.1 Å². The van der Waals surface area contributed by atoms with E-state index >= 15 is 0 Å². The molecule has 0 unspecified atom stereocenters. The van der Waals surface area contributed by atoms with E-state index < -0.39 is 0 Å². The Morgan fingerprint density at radius 2 is 2.00 bits per heavy atom. The maximum absolute atomic E-state index is 5.80. The Balaban J connectivity index is 2.11. The summed E-state index contributed by atoms with van der Waals surface area (Å²) < 4.78 is 5.15. The summed E-state index contributed by atoms with van der Waals surface area (Å²) in [5.74, 6) is 0. The first-order valence-corrected chi connectivity index (χ1v) is 7.28. The molecular formula is C9H7ClN2S3. The van der Waals surface area contributed by atoms with E-state index in [-0.39, 0.29) is 0 Å². The Labute approximate surface area is 106 Å². The highest BCUT2D eigenvalue weighted by Gasteiger charge is 2.04. The fourth-order valence-electron chi connectivity index (χ4n) is 0.925. The van der Waals surface area contributed by atoms with Gasteiger partial charge in [-0.3, -0.25) is 0 Å². The van der Waals surface area contributed by atoms with Crippen molar-refractivity contribution in [1.29, 1.82) is 0 Å². The lowest BCUT2D eigenvalue weighted by Crippen LogP contribution is -1.73. The van der Waals surface area contributed by atoms with Crippen molar-refractivity contribution in [3.8, 4) is 0 Å². The first-order chi connectivity index (χ1) is 7.28. The van der Waals surface area contributed by atoms with Crippen LogP contribution >= 0.6 is 46.7 Å². The molecule has 0 saturated heterocycles. The van der Waals surface area contributed by atoms with Crippen LogP contribution < -0.4 is 0 Å². The molecule has 78 valence electrons. The van der Waals surface area contributed by atoms with Crippen LogP contribution in [0.15, 0.2) is 38.7 Å². The van der Waals surface area contributed by atoms with E-state index in [1.54, 1.807) is 23.5 Å². The molecule has 2 nitrogen and oxygen atoms in total. The third-order valence-electron chi connectivity index (χ3n) is 1.59. The summed E-state index contributed by atoms with van der Waals surface area (Å²) in [6.07, 6.45) is 1.97. The summed E-state index contributed by atoms with van der Waals surface area (Å²) in [6, 6.07) is 7.71. The summed E-state index contributed by atoms with van der Waals surface area (Å²) >= 11 is 10.4. The Morgan fingerprint density at radius 1 is 1.27 bits per heavy atom. The van der Waals surface area contributed by atoms with Crippen molar-refractivity contribution in [3.63, 3.8) is 0 Å². The van der Waals surface area contributed by atoms with E-state index in [0.717, 1.165) is 19.4 Å². The van der Waals surface area contributed by atoms with E-state index in [4.69, 9.17) is 11.6 Å². The summed E-state index contributed by atoms with van der Waals surface area (Å²) in [5, 5.41) is 1.58. The quantitative estimate of drug-likeness (QED) is 0.788. The zero-order valence-electron chi connectivity index (χ0n) is 7.81. The SMILES string of the molecule is CSc1nsc(Sc2ccc(Cl)cc2)n1. The van der Waals surface area contributed by atoms with Crippen LogP contribution in [0.1, 0.15) is 0 Å². The molecule has 0 saturated carbocycles. The standard InChI is InChI=1S/C9H7ClN2S3/c1-13-8-11-9(15-12-8)14-7-4-2-6(10)3-5-7/h2-5H,1H3. The number of nitrogens with zero attached hydrogens (tertiary/aromatic N) is 2. The molecule has 0 fully saturated rings. The summed E-state index contributed by atoms with van der Waals surface area (Å²) in [4.78, 5) is 5.47. The third-order valence-corrected chi connectivity index (χ3v) is 4.26. The Hall–Kier alpha value is -0.230. The molecule has 1 heterocycles. The molecule has 0 aliphatic heterocycles. The minimum absolute atomic E-state index is 0.751. The number of benzene rings is 1.